The molecule has 5 heteroatoms. The van der Waals surface area contributed by atoms with E-state index >= 15 is 0 Å². The van der Waals surface area contributed by atoms with Crippen molar-refractivity contribution in [2.24, 2.45) is 5.92 Å². The van der Waals surface area contributed by atoms with Gasteiger partial charge in [-0.3, -0.25) is 0 Å². The van der Waals surface area contributed by atoms with Crippen molar-refractivity contribution in [1.82, 2.24) is 4.31 Å². The zero-order chi connectivity index (χ0) is 9.19. The van der Waals surface area contributed by atoms with Gasteiger partial charge in [0.2, 0.25) is 10.0 Å². The van der Waals surface area contributed by atoms with Crippen LogP contribution in [0, 0.1) is 17.2 Å². The topological polar surface area (TPSA) is 61.2 Å². The SMILES string of the molecule is CN(CC#N)S(=O)(=O)CC1CC1. The standard InChI is InChI=1S/C7H12N2O2S/c1-9(5-4-8)12(10,11)6-7-2-3-7/h7H,2-3,5-6H2,1H3. The lowest BCUT2D eigenvalue weighted by Crippen LogP contribution is -2.30. The van der Waals surface area contributed by atoms with Crippen LogP contribution in [0.4, 0.5) is 0 Å². The minimum Gasteiger partial charge on any atom is -0.212 e. The Morgan fingerprint density at radius 2 is 2.17 bits per heavy atom. The summed E-state index contributed by atoms with van der Waals surface area (Å²) in [6, 6.07) is 1.81. The minimum absolute atomic E-state index is 0.0466. The van der Waals surface area contributed by atoms with E-state index in [1.165, 1.54) is 7.05 Å². The maximum absolute atomic E-state index is 11.3. The highest BCUT2D eigenvalue weighted by atomic mass is 32.2. The number of hydrogen-bond acceptors (Lipinski definition) is 3. The lowest BCUT2D eigenvalue weighted by atomic mass is 10.5. The van der Waals surface area contributed by atoms with Crippen molar-refractivity contribution in [3.05, 3.63) is 0 Å². The fourth-order valence-corrected chi connectivity index (χ4v) is 2.35. The maximum Gasteiger partial charge on any atom is 0.215 e. The third kappa shape index (κ3) is 2.47. The normalized spacial score (nSPS) is 17.8. The van der Waals surface area contributed by atoms with Crippen molar-refractivity contribution in [2.75, 3.05) is 19.3 Å². The molecule has 0 unspecified atom stereocenters. The average molecular weight is 188 g/mol. The molecule has 0 aromatic carbocycles. The highest BCUT2D eigenvalue weighted by Gasteiger charge is 2.30. The summed E-state index contributed by atoms with van der Waals surface area (Å²) in [6.45, 7) is -0.0466. The van der Waals surface area contributed by atoms with Crippen molar-refractivity contribution in [3.63, 3.8) is 0 Å². The van der Waals surface area contributed by atoms with Gasteiger partial charge in [-0.05, 0) is 18.8 Å². The van der Waals surface area contributed by atoms with Gasteiger partial charge in [0, 0.05) is 7.05 Å². The summed E-state index contributed by atoms with van der Waals surface area (Å²) < 4.78 is 23.8. The molecule has 1 fully saturated rings. The molecule has 1 aliphatic carbocycles. The predicted octanol–water partition coefficient (Wildman–Crippen LogP) is 0.182. The van der Waals surface area contributed by atoms with E-state index in [0.29, 0.717) is 5.92 Å². The van der Waals surface area contributed by atoms with E-state index < -0.39 is 10.0 Å². The molecule has 0 amide bonds. The Balaban J connectivity index is 2.51. The van der Waals surface area contributed by atoms with Crippen molar-refractivity contribution < 1.29 is 8.42 Å². The number of sulfonamides is 1. The van der Waals surface area contributed by atoms with Gasteiger partial charge < -0.3 is 0 Å². The second-order valence-electron chi connectivity index (χ2n) is 3.14. The molecule has 0 heterocycles. The summed E-state index contributed by atoms with van der Waals surface area (Å²) in [5, 5.41) is 8.29. The lowest BCUT2D eigenvalue weighted by molar-refractivity contribution is 0.498. The minimum atomic E-state index is -3.15. The van der Waals surface area contributed by atoms with Crippen molar-refractivity contribution >= 4 is 10.0 Å². The molecule has 0 aromatic rings. The monoisotopic (exact) mass is 188 g/mol. The first-order chi connectivity index (χ1) is 5.56. The van der Waals surface area contributed by atoms with Gasteiger partial charge in [-0.25, -0.2) is 8.42 Å². The Bertz CT molecular complexity index is 287. The quantitative estimate of drug-likeness (QED) is 0.591. The third-order valence-corrected chi connectivity index (χ3v) is 3.88. The van der Waals surface area contributed by atoms with Crippen molar-refractivity contribution in [2.45, 2.75) is 12.8 Å². The zero-order valence-electron chi connectivity index (χ0n) is 7.02. The molecule has 0 atom stereocenters. The molecular formula is C7H12N2O2S. The summed E-state index contributed by atoms with van der Waals surface area (Å²) in [4.78, 5) is 0. The molecule has 1 saturated carbocycles. The van der Waals surface area contributed by atoms with Crippen LogP contribution in [0.25, 0.3) is 0 Å². The molecule has 0 spiro atoms. The Hall–Kier alpha value is -0.600. The Morgan fingerprint density at radius 1 is 1.58 bits per heavy atom. The van der Waals surface area contributed by atoms with Gasteiger partial charge in [0.05, 0.1) is 11.8 Å². The Kier molecular flexibility index (Phi) is 2.70. The van der Waals surface area contributed by atoms with Crippen LogP contribution in [0.5, 0.6) is 0 Å². The third-order valence-electron chi connectivity index (χ3n) is 1.91. The molecule has 0 radical (unpaired) electrons. The van der Waals surface area contributed by atoms with Gasteiger partial charge >= 0.3 is 0 Å². The summed E-state index contributed by atoms with van der Waals surface area (Å²) in [5.41, 5.74) is 0. The first-order valence-corrected chi connectivity index (χ1v) is 5.48. The van der Waals surface area contributed by atoms with Gasteiger partial charge in [-0.1, -0.05) is 0 Å². The van der Waals surface area contributed by atoms with E-state index in [2.05, 4.69) is 0 Å². The van der Waals surface area contributed by atoms with Gasteiger partial charge in [0.15, 0.2) is 0 Å². The maximum atomic E-state index is 11.3. The van der Waals surface area contributed by atoms with Crippen LogP contribution in [0.2, 0.25) is 0 Å². The number of rotatable bonds is 4. The summed E-state index contributed by atoms with van der Waals surface area (Å²) in [6.07, 6.45) is 2.03. The molecule has 0 saturated heterocycles. The molecule has 12 heavy (non-hydrogen) atoms. The van der Waals surface area contributed by atoms with E-state index in [1.54, 1.807) is 0 Å². The second kappa shape index (κ2) is 3.42. The number of hydrogen-bond donors (Lipinski definition) is 0. The number of nitriles is 1. The Labute approximate surface area is 72.8 Å². The average Bonchev–Trinajstić information content (AvgIpc) is 2.71. The van der Waals surface area contributed by atoms with Gasteiger partial charge in [0.1, 0.15) is 6.54 Å². The molecule has 4 nitrogen and oxygen atoms in total. The molecule has 0 N–H and O–H groups in total. The number of nitrogens with zero attached hydrogens (tertiary/aromatic N) is 2. The van der Waals surface area contributed by atoms with E-state index in [4.69, 9.17) is 5.26 Å². The molecule has 0 aliphatic heterocycles. The Morgan fingerprint density at radius 3 is 2.58 bits per heavy atom. The predicted molar refractivity (Wildman–Crippen MR) is 44.8 cm³/mol. The van der Waals surface area contributed by atoms with Crippen molar-refractivity contribution in [3.8, 4) is 6.07 Å². The second-order valence-corrected chi connectivity index (χ2v) is 5.26. The van der Waals surface area contributed by atoms with Crippen LogP contribution < -0.4 is 0 Å². The fourth-order valence-electron chi connectivity index (χ4n) is 0.908. The highest BCUT2D eigenvalue weighted by Crippen LogP contribution is 2.30. The first kappa shape index (κ1) is 9.49. The molecular weight excluding hydrogens is 176 g/mol. The zero-order valence-corrected chi connectivity index (χ0v) is 7.84. The van der Waals surface area contributed by atoms with Crippen LogP contribution in [-0.4, -0.2) is 32.1 Å². The molecule has 0 bridgehead atoms. The van der Waals surface area contributed by atoms with E-state index in [0.717, 1.165) is 17.1 Å². The fraction of sp³-hybridized carbons (Fsp3) is 0.857. The van der Waals surface area contributed by atoms with Crippen molar-refractivity contribution in [1.29, 1.82) is 5.26 Å². The molecule has 0 aromatic heterocycles. The summed E-state index contributed by atoms with van der Waals surface area (Å²) in [7, 11) is -1.70. The van der Waals surface area contributed by atoms with E-state index in [1.807, 2.05) is 6.07 Å². The van der Waals surface area contributed by atoms with Crippen LogP contribution >= 0.6 is 0 Å². The first-order valence-electron chi connectivity index (χ1n) is 3.87. The largest absolute Gasteiger partial charge is 0.215 e. The van der Waals surface area contributed by atoms with Gasteiger partial charge in [0.25, 0.3) is 0 Å². The van der Waals surface area contributed by atoms with Gasteiger partial charge in [-0.15, -0.1) is 0 Å². The van der Waals surface area contributed by atoms with Crippen LogP contribution in [0.1, 0.15) is 12.8 Å². The summed E-state index contributed by atoms with van der Waals surface area (Å²) in [5.74, 6) is 0.557. The highest BCUT2D eigenvalue weighted by molar-refractivity contribution is 7.89. The molecule has 1 aliphatic rings. The van der Waals surface area contributed by atoms with Crippen LogP contribution in [0.15, 0.2) is 0 Å². The van der Waals surface area contributed by atoms with E-state index in [-0.39, 0.29) is 12.3 Å². The lowest BCUT2D eigenvalue weighted by Gasteiger charge is -2.12. The van der Waals surface area contributed by atoms with Crippen LogP contribution in [-0.2, 0) is 10.0 Å². The summed E-state index contributed by atoms with van der Waals surface area (Å²) >= 11 is 0. The van der Waals surface area contributed by atoms with Gasteiger partial charge in [-0.2, -0.15) is 9.57 Å². The molecule has 1 rings (SSSR count). The van der Waals surface area contributed by atoms with E-state index in [9.17, 15) is 8.42 Å². The van der Waals surface area contributed by atoms with Crippen LogP contribution in [0.3, 0.4) is 0 Å². The molecule has 68 valence electrons. The smallest absolute Gasteiger partial charge is 0.212 e.